The second-order valence-corrected chi connectivity index (χ2v) is 8.92. The average Bonchev–Trinajstić information content (AvgIpc) is 3.15. The number of nitrogens with zero attached hydrogens (tertiary/aromatic N) is 1. The van der Waals surface area contributed by atoms with Crippen LogP contribution < -0.4 is 15.5 Å². The van der Waals surface area contributed by atoms with Gasteiger partial charge in [-0.05, 0) is 54.4 Å². The fourth-order valence-corrected chi connectivity index (χ4v) is 3.95. The highest BCUT2D eigenvalue weighted by Gasteiger charge is 2.39. The largest absolute Gasteiger partial charge is 0.462 e. The van der Waals surface area contributed by atoms with Gasteiger partial charge in [-0.1, -0.05) is 61.3 Å². The van der Waals surface area contributed by atoms with E-state index < -0.39 is 17.8 Å². The number of amides is 3. The number of hydrogen-bond donors (Lipinski definition) is 2. The predicted molar refractivity (Wildman–Crippen MR) is 145 cm³/mol. The van der Waals surface area contributed by atoms with Crippen molar-refractivity contribution in [2.24, 2.45) is 0 Å². The van der Waals surface area contributed by atoms with Crippen LogP contribution in [-0.2, 0) is 20.9 Å². The number of unbranched alkanes of at least 4 members (excludes halogenated alkanes) is 1. The number of rotatable bonds is 10. The minimum Gasteiger partial charge on any atom is -0.462 e. The maximum absolute atomic E-state index is 13.1. The van der Waals surface area contributed by atoms with Crippen LogP contribution in [0, 0.1) is 0 Å². The zero-order valence-electron chi connectivity index (χ0n) is 20.7. The minimum atomic E-state index is -0.715. The summed E-state index contributed by atoms with van der Waals surface area (Å²) in [6.45, 7) is 2.67. The Bertz CT molecular complexity index is 1390. The summed E-state index contributed by atoms with van der Waals surface area (Å²) >= 11 is 6.24. The van der Waals surface area contributed by atoms with Gasteiger partial charge in [0.15, 0.2) is 0 Å². The van der Waals surface area contributed by atoms with Gasteiger partial charge in [0.05, 0.1) is 17.9 Å². The van der Waals surface area contributed by atoms with Crippen molar-refractivity contribution in [1.29, 1.82) is 0 Å². The van der Waals surface area contributed by atoms with E-state index in [4.69, 9.17) is 16.3 Å². The average molecular weight is 532 g/mol. The lowest BCUT2D eigenvalue weighted by molar-refractivity contribution is -0.120. The molecule has 3 aromatic carbocycles. The van der Waals surface area contributed by atoms with Gasteiger partial charge in [-0.15, -0.1) is 0 Å². The monoisotopic (exact) mass is 531 g/mol. The van der Waals surface area contributed by atoms with E-state index in [1.165, 1.54) is 12.1 Å². The Morgan fingerprint density at radius 1 is 0.895 bits per heavy atom. The first kappa shape index (κ1) is 26.6. The van der Waals surface area contributed by atoms with Crippen molar-refractivity contribution in [1.82, 2.24) is 5.32 Å². The number of nitrogens with one attached hydrogen (secondary N) is 2. The summed E-state index contributed by atoms with van der Waals surface area (Å²) < 4.78 is 5.22. The van der Waals surface area contributed by atoms with Crippen molar-refractivity contribution in [2.75, 3.05) is 16.8 Å². The number of carbonyl (C=O) groups is 4. The number of carbonyl (C=O) groups excluding carboxylic acids is 4. The van der Waals surface area contributed by atoms with Gasteiger partial charge in [-0.2, -0.15) is 0 Å². The van der Waals surface area contributed by atoms with E-state index in [0.717, 1.165) is 23.3 Å². The number of esters is 1. The summed E-state index contributed by atoms with van der Waals surface area (Å²) in [5.41, 5.74) is 2.20. The van der Waals surface area contributed by atoms with Crippen LogP contribution in [0.1, 0.15) is 46.0 Å². The molecule has 2 N–H and O–H groups in total. The van der Waals surface area contributed by atoms with Crippen molar-refractivity contribution in [3.63, 3.8) is 0 Å². The van der Waals surface area contributed by atoms with E-state index >= 15 is 0 Å². The van der Waals surface area contributed by atoms with Crippen LogP contribution in [0.15, 0.2) is 89.6 Å². The van der Waals surface area contributed by atoms with E-state index in [0.29, 0.717) is 17.8 Å². The third-order valence-corrected chi connectivity index (χ3v) is 6.16. The highest BCUT2D eigenvalue weighted by Crippen LogP contribution is 2.30. The predicted octanol–water partition coefficient (Wildman–Crippen LogP) is 5.01. The topological polar surface area (TPSA) is 105 Å². The smallest absolute Gasteiger partial charge is 0.338 e. The van der Waals surface area contributed by atoms with Crippen LogP contribution in [0.2, 0.25) is 0 Å². The molecule has 4 rings (SSSR count). The van der Waals surface area contributed by atoms with Gasteiger partial charge in [0.25, 0.3) is 17.7 Å². The molecule has 3 amide bonds. The molecule has 0 aliphatic carbocycles. The Kier molecular flexibility index (Phi) is 8.55. The lowest BCUT2D eigenvalue weighted by Crippen LogP contribution is -2.32. The van der Waals surface area contributed by atoms with Crippen molar-refractivity contribution in [3.05, 3.63) is 106 Å². The van der Waals surface area contributed by atoms with Gasteiger partial charge in [-0.3, -0.25) is 14.4 Å². The summed E-state index contributed by atoms with van der Waals surface area (Å²) in [5, 5.41) is 5.45. The lowest BCUT2D eigenvalue weighted by Gasteiger charge is -2.16. The SMILES string of the molecule is CCCCOC(=O)c1cccc(N2C(=O)C(Cl)=C(Nc3ccc(C(=O)NCc4ccccc4)cc3)C2=O)c1. The van der Waals surface area contributed by atoms with Gasteiger partial charge >= 0.3 is 5.97 Å². The number of benzene rings is 3. The Labute approximate surface area is 225 Å². The molecule has 38 heavy (non-hydrogen) atoms. The van der Waals surface area contributed by atoms with Crippen LogP contribution in [0.5, 0.6) is 0 Å². The van der Waals surface area contributed by atoms with Crippen LogP contribution in [0.3, 0.4) is 0 Å². The number of hydrogen-bond acceptors (Lipinski definition) is 6. The van der Waals surface area contributed by atoms with Crippen LogP contribution in [0.25, 0.3) is 0 Å². The number of ether oxygens (including phenoxy) is 1. The Balaban J connectivity index is 1.42. The van der Waals surface area contributed by atoms with Crippen molar-refractivity contribution >= 4 is 46.7 Å². The first-order valence-electron chi connectivity index (χ1n) is 12.1. The maximum Gasteiger partial charge on any atom is 0.338 e. The molecule has 0 aromatic heterocycles. The van der Waals surface area contributed by atoms with E-state index in [-0.39, 0.29) is 34.5 Å². The molecule has 1 aliphatic rings. The fraction of sp³-hybridized carbons (Fsp3) is 0.172. The molecule has 8 nitrogen and oxygen atoms in total. The summed E-state index contributed by atoms with van der Waals surface area (Å²) in [6.07, 6.45) is 1.62. The van der Waals surface area contributed by atoms with Gasteiger partial charge in [-0.25, -0.2) is 9.69 Å². The highest BCUT2D eigenvalue weighted by atomic mass is 35.5. The Morgan fingerprint density at radius 2 is 1.63 bits per heavy atom. The molecule has 1 aliphatic heterocycles. The van der Waals surface area contributed by atoms with Crippen LogP contribution in [-0.4, -0.2) is 30.3 Å². The van der Waals surface area contributed by atoms with E-state index in [1.807, 2.05) is 37.3 Å². The molecule has 9 heteroatoms. The lowest BCUT2D eigenvalue weighted by atomic mass is 10.1. The summed E-state index contributed by atoms with van der Waals surface area (Å²) in [6, 6.07) is 22.0. The molecule has 1 heterocycles. The molecule has 0 bridgehead atoms. The normalized spacial score (nSPS) is 13.1. The molecular formula is C29H26ClN3O5. The molecule has 3 aromatic rings. The number of halogens is 1. The highest BCUT2D eigenvalue weighted by molar-refractivity contribution is 6.53. The zero-order chi connectivity index (χ0) is 27.1. The molecular weight excluding hydrogens is 506 g/mol. The molecule has 0 spiro atoms. The minimum absolute atomic E-state index is 0.103. The van der Waals surface area contributed by atoms with Crippen molar-refractivity contribution in [2.45, 2.75) is 26.3 Å². The molecule has 0 radical (unpaired) electrons. The Morgan fingerprint density at radius 3 is 2.34 bits per heavy atom. The third kappa shape index (κ3) is 6.10. The third-order valence-electron chi connectivity index (χ3n) is 5.81. The van der Waals surface area contributed by atoms with Crippen molar-refractivity contribution < 1.29 is 23.9 Å². The molecule has 0 unspecified atom stereocenters. The molecule has 0 saturated carbocycles. The first-order valence-corrected chi connectivity index (χ1v) is 12.5. The van der Waals surface area contributed by atoms with E-state index in [9.17, 15) is 19.2 Å². The number of imide groups is 1. The second kappa shape index (κ2) is 12.2. The second-order valence-electron chi connectivity index (χ2n) is 8.55. The molecule has 194 valence electrons. The first-order chi connectivity index (χ1) is 18.4. The van der Waals surface area contributed by atoms with Gasteiger partial charge < -0.3 is 15.4 Å². The van der Waals surface area contributed by atoms with Crippen LogP contribution in [0.4, 0.5) is 11.4 Å². The summed E-state index contributed by atoms with van der Waals surface area (Å²) in [4.78, 5) is 51.7. The standard InChI is InChI=1S/C29H26ClN3O5/c1-2-3-16-38-29(37)21-10-7-11-23(17-21)33-27(35)24(30)25(28(33)36)32-22-14-12-20(13-15-22)26(34)31-18-19-8-5-4-6-9-19/h4-15,17,32H,2-3,16,18H2,1H3,(H,31,34). The molecule has 0 fully saturated rings. The quantitative estimate of drug-likeness (QED) is 0.216. The summed E-state index contributed by atoms with van der Waals surface area (Å²) in [5.74, 6) is -2.16. The molecule has 0 atom stereocenters. The maximum atomic E-state index is 13.1. The van der Waals surface area contributed by atoms with Gasteiger partial charge in [0.2, 0.25) is 0 Å². The van der Waals surface area contributed by atoms with E-state index in [2.05, 4.69) is 10.6 Å². The van der Waals surface area contributed by atoms with Gasteiger partial charge in [0, 0.05) is 17.8 Å². The van der Waals surface area contributed by atoms with E-state index in [1.54, 1.807) is 36.4 Å². The zero-order valence-corrected chi connectivity index (χ0v) is 21.5. The number of anilines is 2. The molecule has 0 saturated heterocycles. The Hall–Kier alpha value is -4.43. The van der Waals surface area contributed by atoms with Crippen LogP contribution >= 0.6 is 11.6 Å². The van der Waals surface area contributed by atoms with Crippen molar-refractivity contribution in [3.8, 4) is 0 Å². The summed E-state index contributed by atoms with van der Waals surface area (Å²) in [7, 11) is 0. The van der Waals surface area contributed by atoms with Gasteiger partial charge in [0.1, 0.15) is 10.7 Å². The fourth-order valence-electron chi connectivity index (χ4n) is 3.74.